The molecule has 2 aromatic rings. The average Bonchev–Trinajstić information content (AvgIpc) is 3.14. The predicted octanol–water partition coefficient (Wildman–Crippen LogP) is 3.05. The van der Waals surface area contributed by atoms with Crippen molar-refractivity contribution in [3.05, 3.63) is 59.1 Å². The monoisotopic (exact) mass is 461 g/mol. The Labute approximate surface area is 187 Å². The van der Waals surface area contributed by atoms with E-state index in [0.29, 0.717) is 30.2 Å². The lowest BCUT2D eigenvalue weighted by atomic mass is 10.2. The van der Waals surface area contributed by atoms with Crippen LogP contribution < -0.4 is 10.2 Å². The van der Waals surface area contributed by atoms with Gasteiger partial charge in [-0.25, -0.2) is 8.42 Å². The second kappa shape index (κ2) is 8.98. The van der Waals surface area contributed by atoms with E-state index in [1.54, 1.807) is 29.2 Å². The number of piperidine rings is 1. The molecule has 164 valence electrons. The molecule has 2 amide bonds. The summed E-state index contributed by atoms with van der Waals surface area (Å²) in [5.41, 5.74) is 1.09. The first-order valence-electron chi connectivity index (χ1n) is 10.3. The smallest absolute Gasteiger partial charge is 0.251 e. The van der Waals surface area contributed by atoms with Crippen LogP contribution in [0.15, 0.2) is 53.4 Å². The van der Waals surface area contributed by atoms with E-state index < -0.39 is 10.0 Å². The molecule has 2 aliphatic heterocycles. The molecule has 1 N–H and O–H groups in total. The van der Waals surface area contributed by atoms with Gasteiger partial charge in [0.15, 0.2) is 0 Å². The zero-order valence-electron chi connectivity index (χ0n) is 17.0. The van der Waals surface area contributed by atoms with Crippen LogP contribution in [-0.4, -0.2) is 50.2 Å². The van der Waals surface area contributed by atoms with Gasteiger partial charge in [0.1, 0.15) is 0 Å². The van der Waals surface area contributed by atoms with Gasteiger partial charge in [-0.15, -0.1) is 0 Å². The molecule has 1 atom stereocenters. The van der Waals surface area contributed by atoms with Crippen molar-refractivity contribution in [3.63, 3.8) is 0 Å². The lowest BCUT2D eigenvalue weighted by Crippen LogP contribution is -2.37. The van der Waals surface area contributed by atoms with E-state index in [9.17, 15) is 18.0 Å². The first-order chi connectivity index (χ1) is 14.8. The molecule has 0 bridgehead atoms. The van der Waals surface area contributed by atoms with E-state index in [1.165, 1.54) is 28.6 Å². The zero-order valence-corrected chi connectivity index (χ0v) is 18.5. The highest BCUT2D eigenvalue weighted by Gasteiger charge is 2.32. The standard InChI is InChI=1S/C22H24ClN3O4S/c23-17-6-8-19(9-7-17)26-15-18(14-21(26)27)24-22(28)16-4-10-20(11-5-16)31(29,30)25-12-2-1-3-13-25/h4-11,18H,1-3,12-15H2,(H,24,28). The minimum atomic E-state index is -3.53. The Hall–Kier alpha value is -2.42. The summed E-state index contributed by atoms with van der Waals surface area (Å²) in [6.45, 7) is 1.43. The summed E-state index contributed by atoms with van der Waals surface area (Å²) in [4.78, 5) is 26.8. The summed E-state index contributed by atoms with van der Waals surface area (Å²) in [6.07, 6.45) is 2.99. The summed E-state index contributed by atoms with van der Waals surface area (Å²) in [5.74, 6) is -0.409. The molecule has 9 heteroatoms. The third-order valence-electron chi connectivity index (χ3n) is 5.67. The van der Waals surface area contributed by atoms with Crippen LogP contribution in [0.1, 0.15) is 36.0 Å². The second-order valence-electron chi connectivity index (χ2n) is 7.84. The van der Waals surface area contributed by atoms with Gasteiger partial charge in [0.2, 0.25) is 15.9 Å². The van der Waals surface area contributed by atoms with Crippen LogP contribution in [0, 0.1) is 0 Å². The molecule has 7 nitrogen and oxygen atoms in total. The Balaban J connectivity index is 1.40. The minimum absolute atomic E-state index is 0.0735. The number of nitrogens with one attached hydrogen (secondary N) is 1. The van der Waals surface area contributed by atoms with Crippen molar-refractivity contribution in [1.82, 2.24) is 9.62 Å². The summed E-state index contributed by atoms with van der Waals surface area (Å²) in [6, 6.07) is 12.6. The molecule has 4 rings (SSSR count). The van der Waals surface area contributed by atoms with Crippen molar-refractivity contribution >= 4 is 39.1 Å². The fraction of sp³-hybridized carbons (Fsp3) is 0.364. The molecule has 0 radical (unpaired) electrons. The van der Waals surface area contributed by atoms with E-state index in [4.69, 9.17) is 11.6 Å². The maximum Gasteiger partial charge on any atom is 0.251 e. The number of hydrogen-bond donors (Lipinski definition) is 1. The van der Waals surface area contributed by atoms with Crippen LogP contribution >= 0.6 is 11.6 Å². The van der Waals surface area contributed by atoms with Gasteiger partial charge < -0.3 is 10.2 Å². The van der Waals surface area contributed by atoms with E-state index in [0.717, 1.165) is 24.9 Å². The van der Waals surface area contributed by atoms with Crippen molar-refractivity contribution < 1.29 is 18.0 Å². The van der Waals surface area contributed by atoms with Crippen LogP contribution in [0.4, 0.5) is 5.69 Å². The number of amides is 2. The van der Waals surface area contributed by atoms with Crippen molar-refractivity contribution in [2.45, 2.75) is 36.6 Å². The van der Waals surface area contributed by atoms with E-state index in [2.05, 4.69) is 5.32 Å². The topological polar surface area (TPSA) is 86.8 Å². The van der Waals surface area contributed by atoms with Gasteiger partial charge in [-0.1, -0.05) is 18.0 Å². The number of anilines is 1. The Morgan fingerprint density at radius 3 is 2.26 bits per heavy atom. The molecule has 31 heavy (non-hydrogen) atoms. The SMILES string of the molecule is O=C(NC1CC(=O)N(c2ccc(Cl)cc2)C1)c1ccc(S(=O)(=O)N2CCCCC2)cc1. The number of halogens is 1. The number of sulfonamides is 1. The number of nitrogens with zero attached hydrogens (tertiary/aromatic N) is 2. The highest BCUT2D eigenvalue weighted by Crippen LogP contribution is 2.24. The Kier molecular flexibility index (Phi) is 6.31. The van der Waals surface area contributed by atoms with Crippen LogP contribution in [0.2, 0.25) is 5.02 Å². The number of benzene rings is 2. The first-order valence-corrected chi connectivity index (χ1v) is 12.1. The molecule has 1 unspecified atom stereocenters. The fourth-order valence-electron chi connectivity index (χ4n) is 3.98. The molecule has 0 aliphatic carbocycles. The highest BCUT2D eigenvalue weighted by atomic mass is 35.5. The van der Waals surface area contributed by atoms with Gasteiger partial charge in [0, 0.05) is 42.3 Å². The molecule has 2 heterocycles. The first kappa shape index (κ1) is 21.8. The van der Waals surface area contributed by atoms with Gasteiger partial charge in [-0.05, 0) is 61.4 Å². The number of hydrogen-bond acceptors (Lipinski definition) is 4. The Morgan fingerprint density at radius 1 is 0.968 bits per heavy atom. The molecule has 2 aromatic carbocycles. The van der Waals surface area contributed by atoms with Gasteiger partial charge >= 0.3 is 0 Å². The highest BCUT2D eigenvalue weighted by molar-refractivity contribution is 7.89. The minimum Gasteiger partial charge on any atom is -0.347 e. The molecule has 0 aromatic heterocycles. The quantitative estimate of drug-likeness (QED) is 0.741. The number of rotatable bonds is 5. The lowest BCUT2D eigenvalue weighted by Gasteiger charge is -2.25. The zero-order chi connectivity index (χ0) is 22.0. The summed E-state index contributed by atoms with van der Waals surface area (Å²) in [7, 11) is -3.53. The third kappa shape index (κ3) is 4.76. The van der Waals surface area contributed by atoms with Crippen molar-refractivity contribution in [3.8, 4) is 0 Å². The second-order valence-corrected chi connectivity index (χ2v) is 10.2. The van der Waals surface area contributed by atoms with Crippen molar-refractivity contribution in [2.75, 3.05) is 24.5 Å². The molecule has 0 spiro atoms. The van der Waals surface area contributed by atoms with Gasteiger partial charge in [-0.2, -0.15) is 4.31 Å². The number of carbonyl (C=O) groups excluding carboxylic acids is 2. The molecule has 2 saturated heterocycles. The summed E-state index contributed by atoms with van der Waals surface area (Å²) < 4.78 is 27.0. The largest absolute Gasteiger partial charge is 0.347 e. The Morgan fingerprint density at radius 2 is 1.61 bits per heavy atom. The predicted molar refractivity (Wildman–Crippen MR) is 119 cm³/mol. The molecule has 2 fully saturated rings. The maximum atomic E-state index is 12.7. The normalized spacial score (nSPS) is 20.1. The molecule has 0 saturated carbocycles. The lowest BCUT2D eigenvalue weighted by molar-refractivity contribution is -0.117. The maximum absolute atomic E-state index is 12.7. The van der Waals surface area contributed by atoms with E-state index >= 15 is 0 Å². The fourth-order valence-corrected chi connectivity index (χ4v) is 5.62. The third-order valence-corrected chi connectivity index (χ3v) is 7.83. The summed E-state index contributed by atoms with van der Waals surface area (Å²) in [5, 5.41) is 3.46. The van der Waals surface area contributed by atoms with Crippen LogP contribution in [0.3, 0.4) is 0 Å². The van der Waals surface area contributed by atoms with Crippen molar-refractivity contribution in [2.24, 2.45) is 0 Å². The van der Waals surface area contributed by atoms with Crippen LogP contribution in [0.5, 0.6) is 0 Å². The summed E-state index contributed by atoms with van der Waals surface area (Å²) >= 11 is 5.90. The molecule has 2 aliphatic rings. The molecular formula is C22H24ClN3O4S. The van der Waals surface area contributed by atoms with Crippen LogP contribution in [0.25, 0.3) is 0 Å². The van der Waals surface area contributed by atoms with Crippen LogP contribution in [-0.2, 0) is 14.8 Å². The van der Waals surface area contributed by atoms with Gasteiger partial charge in [0.25, 0.3) is 5.91 Å². The van der Waals surface area contributed by atoms with Gasteiger partial charge in [-0.3, -0.25) is 9.59 Å². The van der Waals surface area contributed by atoms with Crippen molar-refractivity contribution in [1.29, 1.82) is 0 Å². The number of carbonyl (C=O) groups is 2. The average molecular weight is 462 g/mol. The van der Waals surface area contributed by atoms with E-state index in [1.807, 2.05) is 0 Å². The molecular weight excluding hydrogens is 438 g/mol. The Bertz CT molecular complexity index is 1060. The van der Waals surface area contributed by atoms with E-state index in [-0.39, 0.29) is 29.2 Å². The van der Waals surface area contributed by atoms with Gasteiger partial charge in [0.05, 0.1) is 10.9 Å².